The number of anilines is 1. The van der Waals surface area contributed by atoms with Crippen LogP contribution in [-0.2, 0) is 0 Å². The van der Waals surface area contributed by atoms with Crippen molar-refractivity contribution in [2.75, 3.05) is 5.73 Å². The molecule has 0 radical (unpaired) electrons. The molecule has 25 heavy (non-hydrogen) atoms. The van der Waals surface area contributed by atoms with E-state index in [0.717, 1.165) is 4.68 Å². The van der Waals surface area contributed by atoms with Gasteiger partial charge in [0.15, 0.2) is 0 Å². The zero-order valence-corrected chi connectivity index (χ0v) is 13.0. The van der Waals surface area contributed by atoms with Gasteiger partial charge < -0.3 is 11.5 Å². The van der Waals surface area contributed by atoms with E-state index in [1.165, 1.54) is 4.68 Å². The Morgan fingerprint density at radius 3 is 2.36 bits per heavy atom. The first-order chi connectivity index (χ1) is 12.1. The van der Waals surface area contributed by atoms with Crippen molar-refractivity contribution in [3.05, 3.63) is 80.4 Å². The number of nitriles is 1. The minimum atomic E-state index is -0.753. The standard InChI is InChI=1S/C18H13N5O2/c19-9-12-15(10-5-2-1-3-6-10)22-17(24)11-7-4-8-13(20)14(11)18(25)23(22)16(12)21/h1-8,15H,20-21H2. The fourth-order valence-electron chi connectivity index (χ4n) is 3.30. The van der Waals surface area contributed by atoms with Gasteiger partial charge in [-0.3, -0.25) is 9.59 Å². The molecule has 122 valence electrons. The summed E-state index contributed by atoms with van der Waals surface area (Å²) in [5, 5.41) is 9.88. The van der Waals surface area contributed by atoms with Gasteiger partial charge in [-0.05, 0) is 17.7 Å². The highest BCUT2D eigenvalue weighted by molar-refractivity contribution is 5.92. The first kappa shape index (κ1) is 14.8. The molecule has 0 saturated carbocycles. The Hall–Kier alpha value is -3.79. The van der Waals surface area contributed by atoms with Crippen LogP contribution in [-0.4, -0.2) is 9.36 Å². The van der Waals surface area contributed by atoms with Gasteiger partial charge in [-0.25, -0.2) is 4.68 Å². The van der Waals surface area contributed by atoms with Crippen molar-refractivity contribution in [3.8, 4) is 6.07 Å². The molecule has 2 aromatic carbocycles. The second-order valence-corrected chi connectivity index (χ2v) is 5.76. The Labute approximate surface area is 141 Å². The highest BCUT2D eigenvalue weighted by Gasteiger charge is 2.34. The van der Waals surface area contributed by atoms with Crippen LogP contribution in [0.4, 0.5) is 5.69 Å². The van der Waals surface area contributed by atoms with Crippen LogP contribution in [0.25, 0.3) is 16.6 Å². The van der Waals surface area contributed by atoms with Crippen LogP contribution in [0, 0.1) is 11.3 Å². The van der Waals surface area contributed by atoms with Gasteiger partial charge >= 0.3 is 0 Å². The lowest BCUT2D eigenvalue weighted by Gasteiger charge is -2.17. The summed E-state index contributed by atoms with van der Waals surface area (Å²) >= 11 is 0. The lowest BCUT2D eigenvalue weighted by Crippen LogP contribution is -2.38. The Morgan fingerprint density at radius 1 is 0.960 bits per heavy atom. The summed E-state index contributed by atoms with van der Waals surface area (Å²) in [4.78, 5) is 26.0. The molecule has 0 bridgehead atoms. The van der Waals surface area contributed by atoms with Crippen LogP contribution in [0.3, 0.4) is 0 Å². The molecule has 0 fully saturated rings. The summed E-state index contributed by atoms with van der Waals surface area (Å²) in [5.41, 5.74) is 12.1. The molecule has 0 amide bonds. The quantitative estimate of drug-likeness (QED) is 0.645. The Morgan fingerprint density at radius 2 is 1.68 bits per heavy atom. The minimum absolute atomic E-state index is 0.0522. The van der Waals surface area contributed by atoms with Crippen LogP contribution in [0.1, 0.15) is 11.6 Å². The third kappa shape index (κ3) is 1.85. The molecule has 1 aromatic heterocycles. The lowest BCUT2D eigenvalue weighted by atomic mass is 10.0. The van der Waals surface area contributed by atoms with E-state index in [-0.39, 0.29) is 27.9 Å². The third-order valence-corrected chi connectivity index (χ3v) is 4.41. The number of aromatic nitrogens is 2. The van der Waals surface area contributed by atoms with E-state index < -0.39 is 17.2 Å². The largest absolute Gasteiger partial charge is 0.398 e. The van der Waals surface area contributed by atoms with Gasteiger partial charge in [-0.1, -0.05) is 36.4 Å². The minimum Gasteiger partial charge on any atom is -0.398 e. The second kappa shape index (κ2) is 5.11. The number of benzene rings is 2. The topological polar surface area (TPSA) is 120 Å². The monoisotopic (exact) mass is 331 g/mol. The van der Waals surface area contributed by atoms with Crippen LogP contribution >= 0.6 is 0 Å². The maximum absolute atomic E-state index is 13.1. The lowest BCUT2D eigenvalue weighted by molar-refractivity contribution is 0.539. The van der Waals surface area contributed by atoms with Gasteiger partial charge in [0.25, 0.3) is 11.1 Å². The van der Waals surface area contributed by atoms with Crippen molar-refractivity contribution in [2.45, 2.75) is 6.04 Å². The molecule has 7 heteroatoms. The second-order valence-electron chi connectivity index (χ2n) is 5.76. The molecule has 0 saturated heterocycles. The number of hydrogen-bond donors (Lipinski definition) is 2. The number of nitrogens with zero attached hydrogens (tertiary/aromatic N) is 3. The number of allylic oxidation sites excluding steroid dienone is 1. The first-order valence-corrected chi connectivity index (χ1v) is 7.57. The van der Waals surface area contributed by atoms with Gasteiger partial charge in [0, 0.05) is 5.69 Å². The van der Waals surface area contributed by atoms with Crippen LogP contribution in [0.2, 0.25) is 0 Å². The smallest absolute Gasteiger partial charge is 0.281 e. The molecule has 1 unspecified atom stereocenters. The number of rotatable bonds is 1. The summed E-state index contributed by atoms with van der Waals surface area (Å²) < 4.78 is 2.28. The summed E-state index contributed by atoms with van der Waals surface area (Å²) in [7, 11) is 0. The zero-order chi connectivity index (χ0) is 17.7. The zero-order valence-electron chi connectivity index (χ0n) is 13.0. The highest BCUT2D eigenvalue weighted by Crippen LogP contribution is 2.32. The average molecular weight is 331 g/mol. The Balaban J connectivity index is 2.21. The van der Waals surface area contributed by atoms with E-state index in [2.05, 4.69) is 0 Å². The van der Waals surface area contributed by atoms with E-state index in [1.54, 1.807) is 42.5 Å². The van der Waals surface area contributed by atoms with E-state index >= 15 is 0 Å². The SMILES string of the molecule is N#CC1=C(N)n2c(=O)c3c(N)cccc3c(=O)n2C1c1ccccc1. The van der Waals surface area contributed by atoms with Gasteiger partial charge in [0.2, 0.25) is 0 Å². The maximum atomic E-state index is 13.1. The van der Waals surface area contributed by atoms with Crippen molar-refractivity contribution in [1.29, 1.82) is 5.26 Å². The van der Waals surface area contributed by atoms with E-state index in [0.29, 0.717) is 5.56 Å². The van der Waals surface area contributed by atoms with E-state index in [1.807, 2.05) is 12.1 Å². The van der Waals surface area contributed by atoms with Crippen LogP contribution in [0.5, 0.6) is 0 Å². The molecule has 4 rings (SSSR count). The molecule has 0 aliphatic carbocycles. The molecule has 0 spiro atoms. The highest BCUT2D eigenvalue weighted by atomic mass is 16.2. The van der Waals surface area contributed by atoms with Crippen molar-refractivity contribution in [3.63, 3.8) is 0 Å². The molecule has 2 heterocycles. The van der Waals surface area contributed by atoms with Crippen molar-refractivity contribution in [2.24, 2.45) is 5.73 Å². The molecule has 1 atom stereocenters. The predicted octanol–water partition coefficient (Wildman–Crippen LogP) is 0.999. The summed E-state index contributed by atoms with van der Waals surface area (Å²) in [6.45, 7) is 0. The first-order valence-electron chi connectivity index (χ1n) is 7.57. The number of nitrogens with two attached hydrogens (primary N) is 2. The molecular weight excluding hydrogens is 318 g/mol. The van der Waals surface area contributed by atoms with Gasteiger partial charge in [0.1, 0.15) is 23.5 Å². The maximum Gasteiger partial charge on any atom is 0.281 e. The normalized spacial score (nSPS) is 16.0. The van der Waals surface area contributed by atoms with Crippen LogP contribution < -0.4 is 22.6 Å². The van der Waals surface area contributed by atoms with Gasteiger partial charge in [-0.2, -0.15) is 9.94 Å². The third-order valence-electron chi connectivity index (χ3n) is 4.41. The molecule has 1 aliphatic rings. The molecule has 4 N–H and O–H groups in total. The number of hydrogen-bond acceptors (Lipinski definition) is 5. The predicted molar refractivity (Wildman–Crippen MR) is 94.5 cm³/mol. The Kier molecular flexibility index (Phi) is 3.02. The molecule has 3 aromatic rings. The molecular formula is C18H13N5O2. The average Bonchev–Trinajstić information content (AvgIpc) is 2.93. The van der Waals surface area contributed by atoms with Crippen molar-refractivity contribution in [1.82, 2.24) is 9.36 Å². The fourth-order valence-corrected chi connectivity index (χ4v) is 3.30. The molecule has 1 aliphatic heterocycles. The number of nitrogen functional groups attached to an aromatic ring is 1. The van der Waals surface area contributed by atoms with Crippen molar-refractivity contribution < 1.29 is 0 Å². The fraction of sp³-hybridized carbons (Fsp3) is 0.0556. The summed E-state index contributed by atoms with van der Waals surface area (Å²) in [6, 6.07) is 15.0. The van der Waals surface area contributed by atoms with Crippen molar-refractivity contribution >= 4 is 22.3 Å². The van der Waals surface area contributed by atoms with Gasteiger partial charge in [-0.15, -0.1) is 0 Å². The summed E-state index contributed by atoms with van der Waals surface area (Å²) in [5.74, 6) is -0.0522. The van der Waals surface area contributed by atoms with E-state index in [9.17, 15) is 14.9 Å². The van der Waals surface area contributed by atoms with E-state index in [4.69, 9.17) is 11.5 Å². The van der Waals surface area contributed by atoms with Gasteiger partial charge in [0.05, 0.1) is 10.8 Å². The number of fused-ring (bicyclic) bond motifs is 2. The molecule has 7 nitrogen and oxygen atoms in total. The summed E-state index contributed by atoms with van der Waals surface area (Å²) in [6.07, 6.45) is 0. The Bertz CT molecular complexity index is 1210. The van der Waals surface area contributed by atoms with Crippen LogP contribution in [0.15, 0.2) is 63.7 Å².